The zero-order chi connectivity index (χ0) is 36.4. The Hall–Kier alpha value is -4.65. The van der Waals surface area contributed by atoms with Crippen LogP contribution in [0.5, 0.6) is 11.8 Å². The van der Waals surface area contributed by atoms with Gasteiger partial charge in [-0.2, -0.15) is 28.2 Å². The maximum atomic E-state index is 14.0. The lowest BCUT2D eigenvalue weighted by atomic mass is 9.61. The molecule has 13 heteroatoms. The molecule has 2 aromatic carbocycles. The largest absolute Gasteiger partial charge is 0.481 e. The number of fused-ring (bicyclic) bond motifs is 2. The molecule has 0 bridgehead atoms. The minimum Gasteiger partial charge on any atom is -0.481 e. The number of alkyl halides is 3. The third-order valence-corrected chi connectivity index (χ3v) is 11.9. The molecular formula is C39H44F3N7O3. The first kappa shape index (κ1) is 34.4. The number of piperidine rings is 2. The molecule has 4 aromatic rings. The second-order valence-electron chi connectivity index (χ2n) is 15.4. The van der Waals surface area contributed by atoms with E-state index in [1.54, 1.807) is 12.3 Å². The fourth-order valence-electron chi connectivity index (χ4n) is 8.88. The molecule has 0 radical (unpaired) electrons. The number of aryl methyl sites for hydroxylation is 1. The Morgan fingerprint density at radius 1 is 1.02 bits per heavy atom. The molecule has 1 amide bonds. The molecular weight excluding hydrogens is 671 g/mol. The smallest absolute Gasteiger partial charge is 0.422 e. The van der Waals surface area contributed by atoms with E-state index in [4.69, 9.17) is 19.4 Å². The van der Waals surface area contributed by atoms with Gasteiger partial charge in [-0.15, -0.1) is 0 Å². The molecule has 3 aliphatic heterocycles. The number of amides is 1. The molecule has 1 saturated carbocycles. The van der Waals surface area contributed by atoms with Crippen molar-refractivity contribution in [2.24, 2.45) is 10.8 Å². The standard InChI is InChI=1S/C39H44F3N7O3/c1-5-25-17-27-33(34(51-23-39(40,41)42)32(25)31-24(3)7-8-29-28(31)20-43-46-29)44-36(52-26-18-37(19-26)9-13-47(4)14-10-37)45-35(27)48-15-11-38(12-16-48)21-49(22-38)30(50)6-2/h5-8,17,20,26H,1-2,9-16,18-19,21-23H2,3-4H3,(H,43,46). The molecule has 5 heterocycles. The second-order valence-corrected chi connectivity index (χ2v) is 15.4. The van der Waals surface area contributed by atoms with Crippen LogP contribution in [0.15, 0.2) is 43.6 Å². The lowest BCUT2D eigenvalue weighted by Crippen LogP contribution is -2.61. The van der Waals surface area contributed by atoms with E-state index in [2.05, 4.69) is 40.2 Å². The Morgan fingerprint density at radius 3 is 2.40 bits per heavy atom. The lowest BCUT2D eigenvalue weighted by Gasteiger charge is -2.54. The molecule has 0 unspecified atom stereocenters. The molecule has 8 rings (SSSR count). The van der Waals surface area contributed by atoms with Gasteiger partial charge >= 0.3 is 12.2 Å². The van der Waals surface area contributed by atoms with Crippen LogP contribution in [0.3, 0.4) is 0 Å². The van der Waals surface area contributed by atoms with E-state index in [9.17, 15) is 18.0 Å². The topological polar surface area (TPSA) is 99.7 Å². The van der Waals surface area contributed by atoms with Crippen molar-refractivity contribution in [1.29, 1.82) is 0 Å². The SMILES string of the molecule is C=CC(=O)N1CC2(CCN(c3nc(OC4CC5(CCN(C)CC5)C4)nc4c(OCC(F)(F)F)c(-c5c(C)ccc6[nH]ncc56)c(C=C)cc34)CC2)C1. The van der Waals surface area contributed by atoms with Gasteiger partial charge in [0, 0.05) is 47.9 Å². The van der Waals surface area contributed by atoms with Crippen LogP contribution in [0.25, 0.3) is 39.0 Å². The number of likely N-dealkylation sites (tertiary alicyclic amines) is 2. The average Bonchev–Trinajstić information content (AvgIpc) is 3.58. The molecule has 4 aliphatic rings. The molecule has 10 nitrogen and oxygen atoms in total. The van der Waals surface area contributed by atoms with Crippen LogP contribution in [0.4, 0.5) is 19.0 Å². The Balaban J connectivity index is 1.24. The second kappa shape index (κ2) is 12.8. The van der Waals surface area contributed by atoms with Crippen LogP contribution >= 0.6 is 0 Å². The first-order valence-corrected chi connectivity index (χ1v) is 18.0. The van der Waals surface area contributed by atoms with Crippen molar-refractivity contribution in [3.63, 3.8) is 0 Å². The Bertz CT molecular complexity index is 2050. The number of rotatable bonds is 8. The van der Waals surface area contributed by atoms with Gasteiger partial charge in [0.05, 0.1) is 11.7 Å². The number of ether oxygens (including phenoxy) is 2. The number of aromatic nitrogens is 4. The minimum absolute atomic E-state index is 0.00137. The van der Waals surface area contributed by atoms with Gasteiger partial charge in [0.25, 0.3) is 0 Å². The normalized spacial score (nSPS) is 20.2. The van der Waals surface area contributed by atoms with Gasteiger partial charge < -0.3 is 24.2 Å². The average molecular weight is 716 g/mol. The number of halogens is 3. The molecule has 2 aromatic heterocycles. The van der Waals surface area contributed by atoms with Crippen molar-refractivity contribution in [3.05, 3.63) is 54.8 Å². The minimum atomic E-state index is -4.60. The maximum absolute atomic E-state index is 14.0. The molecule has 4 fully saturated rings. The molecule has 2 spiro atoms. The van der Waals surface area contributed by atoms with Crippen molar-refractivity contribution in [2.75, 3.05) is 57.8 Å². The van der Waals surface area contributed by atoms with Gasteiger partial charge in [0.15, 0.2) is 12.4 Å². The van der Waals surface area contributed by atoms with Crippen LogP contribution in [0, 0.1) is 17.8 Å². The van der Waals surface area contributed by atoms with Crippen molar-refractivity contribution in [1.82, 2.24) is 30.0 Å². The summed E-state index contributed by atoms with van der Waals surface area (Å²) >= 11 is 0. The highest BCUT2D eigenvalue weighted by Gasteiger charge is 2.48. The fourth-order valence-corrected chi connectivity index (χ4v) is 8.88. The number of H-pyrrole nitrogens is 1. The highest BCUT2D eigenvalue weighted by Crippen LogP contribution is 2.51. The van der Waals surface area contributed by atoms with Crippen LogP contribution in [-0.2, 0) is 4.79 Å². The van der Waals surface area contributed by atoms with Crippen molar-refractivity contribution >= 4 is 39.6 Å². The Labute approximate surface area is 300 Å². The van der Waals surface area contributed by atoms with E-state index in [0.29, 0.717) is 54.1 Å². The van der Waals surface area contributed by atoms with Gasteiger partial charge in [-0.05, 0) is 106 Å². The third-order valence-electron chi connectivity index (χ3n) is 11.9. The Kier molecular flexibility index (Phi) is 8.47. The molecule has 3 saturated heterocycles. The summed E-state index contributed by atoms with van der Waals surface area (Å²) in [6, 6.07) is 5.84. The first-order valence-electron chi connectivity index (χ1n) is 18.0. The zero-order valence-corrected chi connectivity index (χ0v) is 29.7. The maximum Gasteiger partial charge on any atom is 0.422 e. The number of carbonyl (C=O) groups is 1. The number of nitrogens with zero attached hydrogens (tertiary/aromatic N) is 6. The summed E-state index contributed by atoms with van der Waals surface area (Å²) in [5.41, 5.74) is 3.84. The fraction of sp³-hybridized carbons (Fsp3) is 0.487. The summed E-state index contributed by atoms with van der Waals surface area (Å²) < 4.78 is 54.2. The van der Waals surface area contributed by atoms with Crippen molar-refractivity contribution in [3.8, 4) is 22.9 Å². The van der Waals surface area contributed by atoms with Crippen molar-refractivity contribution < 1.29 is 27.4 Å². The number of carbonyl (C=O) groups excluding carboxylic acids is 1. The quantitative estimate of drug-likeness (QED) is 0.196. The molecule has 274 valence electrons. The third kappa shape index (κ3) is 6.16. The number of anilines is 1. The van der Waals surface area contributed by atoms with Crippen LogP contribution in [-0.4, -0.2) is 101 Å². The predicted molar refractivity (Wildman–Crippen MR) is 194 cm³/mol. The van der Waals surface area contributed by atoms with E-state index >= 15 is 0 Å². The van der Waals surface area contributed by atoms with Gasteiger partial charge in [-0.3, -0.25) is 9.89 Å². The number of hydrogen-bond acceptors (Lipinski definition) is 8. The number of nitrogens with one attached hydrogen (secondary N) is 1. The Morgan fingerprint density at radius 2 is 1.73 bits per heavy atom. The predicted octanol–water partition coefficient (Wildman–Crippen LogP) is 6.93. The summed E-state index contributed by atoms with van der Waals surface area (Å²) in [5.74, 6) is 0.530. The number of hydrogen-bond donors (Lipinski definition) is 1. The van der Waals surface area contributed by atoms with Gasteiger partial charge in [0.2, 0.25) is 5.91 Å². The van der Waals surface area contributed by atoms with E-state index in [-0.39, 0.29) is 40.1 Å². The highest BCUT2D eigenvalue weighted by atomic mass is 19.4. The van der Waals surface area contributed by atoms with Crippen LogP contribution in [0.1, 0.15) is 49.7 Å². The lowest BCUT2D eigenvalue weighted by molar-refractivity contribution is -0.153. The highest BCUT2D eigenvalue weighted by molar-refractivity contribution is 6.07. The summed E-state index contributed by atoms with van der Waals surface area (Å²) in [4.78, 5) is 28.4. The molecule has 1 aliphatic carbocycles. The van der Waals surface area contributed by atoms with Gasteiger partial charge in [0.1, 0.15) is 17.4 Å². The summed E-state index contributed by atoms with van der Waals surface area (Å²) in [6.45, 7) is 12.9. The van der Waals surface area contributed by atoms with Crippen LogP contribution < -0.4 is 14.4 Å². The van der Waals surface area contributed by atoms with Crippen LogP contribution in [0.2, 0.25) is 0 Å². The summed E-state index contributed by atoms with van der Waals surface area (Å²) in [7, 11) is 2.15. The number of aromatic amines is 1. The zero-order valence-electron chi connectivity index (χ0n) is 29.7. The van der Waals surface area contributed by atoms with Gasteiger partial charge in [-0.25, -0.2) is 0 Å². The van der Waals surface area contributed by atoms with Crippen molar-refractivity contribution in [2.45, 2.75) is 57.7 Å². The first-order chi connectivity index (χ1) is 24.9. The number of benzene rings is 2. The van der Waals surface area contributed by atoms with E-state index in [1.807, 2.05) is 30.0 Å². The van der Waals surface area contributed by atoms with E-state index < -0.39 is 12.8 Å². The molecule has 52 heavy (non-hydrogen) atoms. The molecule has 1 N–H and O–H groups in total. The monoisotopic (exact) mass is 715 g/mol. The summed E-state index contributed by atoms with van der Waals surface area (Å²) in [5, 5.41) is 8.52. The summed E-state index contributed by atoms with van der Waals surface area (Å²) in [6.07, 6.45) is 5.66. The van der Waals surface area contributed by atoms with E-state index in [1.165, 1.54) is 6.08 Å². The van der Waals surface area contributed by atoms with Gasteiger partial charge in [-0.1, -0.05) is 25.3 Å². The van der Waals surface area contributed by atoms with E-state index in [0.717, 1.165) is 68.1 Å². The molecule has 0 atom stereocenters.